The van der Waals surface area contributed by atoms with Gasteiger partial charge in [-0.15, -0.1) is 0 Å². The van der Waals surface area contributed by atoms with Gasteiger partial charge in [0.1, 0.15) is 11.6 Å². The number of benzene rings is 2. The third-order valence-corrected chi connectivity index (χ3v) is 4.64. The first kappa shape index (κ1) is 15.5. The summed E-state index contributed by atoms with van der Waals surface area (Å²) in [5.74, 6) is 0.446. The van der Waals surface area contributed by atoms with Crippen molar-refractivity contribution in [2.75, 3.05) is 12.4 Å². The molecular weight excluding hydrogens is 293 g/mol. The van der Waals surface area contributed by atoms with Gasteiger partial charge in [0.25, 0.3) is 0 Å². The highest BCUT2D eigenvalue weighted by Gasteiger charge is 2.42. The van der Waals surface area contributed by atoms with Crippen LogP contribution in [0.2, 0.25) is 0 Å². The van der Waals surface area contributed by atoms with E-state index in [1.807, 2.05) is 24.3 Å². The maximum atomic E-state index is 13.2. The zero-order chi connectivity index (χ0) is 16.3. The number of anilines is 1. The number of rotatable bonds is 4. The fraction of sp³-hybridized carbons (Fsp3) is 0.316. The van der Waals surface area contributed by atoms with E-state index in [1.54, 1.807) is 19.2 Å². The Morgan fingerprint density at radius 3 is 2.22 bits per heavy atom. The Hall–Kier alpha value is -2.36. The van der Waals surface area contributed by atoms with Crippen LogP contribution in [-0.4, -0.2) is 13.0 Å². The minimum absolute atomic E-state index is 0.0215. The molecule has 0 spiro atoms. The highest BCUT2D eigenvalue weighted by molar-refractivity contribution is 5.99. The van der Waals surface area contributed by atoms with Gasteiger partial charge in [0.2, 0.25) is 5.91 Å². The monoisotopic (exact) mass is 313 g/mol. The molecule has 0 saturated heterocycles. The average molecular weight is 313 g/mol. The Bertz CT molecular complexity index is 674. The molecule has 2 aromatic rings. The van der Waals surface area contributed by atoms with E-state index in [4.69, 9.17) is 4.74 Å². The van der Waals surface area contributed by atoms with Crippen LogP contribution < -0.4 is 10.1 Å². The molecule has 1 N–H and O–H groups in total. The Balaban J connectivity index is 1.85. The second kappa shape index (κ2) is 6.41. The summed E-state index contributed by atoms with van der Waals surface area (Å²) >= 11 is 0. The molecular formula is C19H20FNO2. The van der Waals surface area contributed by atoms with Gasteiger partial charge in [0, 0.05) is 5.69 Å². The van der Waals surface area contributed by atoms with Gasteiger partial charge in [0.05, 0.1) is 12.5 Å². The van der Waals surface area contributed by atoms with Crippen molar-refractivity contribution in [2.24, 2.45) is 0 Å². The van der Waals surface area contributed by atoms with Crippen molar-refractivity contribution in [1.29, 1.82) is 0 Å². The van der Waals surface area contributed by atoms with Crippen LogP contribution in [0.5, 0.6) is 5.75 Å². The lowest BCUT2D eigenvalue weighted by molar-refractivity contribution is -0.121. The summed E-state index contributed by atoms with van der Waals surface area (Å²) in [5.41, 5.74) is 1.07. The molecule has 23 heavy (non-hydrogen) atoms. The minimum Gasteiger partial charge on any atom is -0.497 e. The molecule has 4 heteroatoms. The van der Waals surface area contributed by atoms with Crippen molar-refractivity contribution >= 4 is 11.6 Å². The number of hydrogen-bond donors (Lipinski definition) is 1. The van der Waals surface area contributed by atoms with E-state index in [-0.39, 0.29) is 11.7 Å². The molecule has 1 fully saturated rings. The van der Waals surface area contributed by atoms with Gasteiger partial charge in [-0.3, -0.25) is 4.79 Å². The van der Waals surface area contributed by atoms with Crippen LogP contribution in [0.3, 0.4) is 0 Å². The molecule has 1 aliphatic rings. The van der Waals surface area contributed by atoms with Gasteiger partial charge in [-0.1, -0.05) is 25.0 Å². The van der Waals surface area contributed by atoms with Gasteiger partial charge in [-0.05, 0) is 54.8 Å². The summed E-state index contributed by atoms with van der Waals surface area (Å²) in [6.45, 7) is 0. The molecule has 1 aliphatic carbocycles. The number of halogens is 1. The molecule has 0 aliphatic heterocycles. The molecule has 120 valence electrons. The van der Waals surface area contributed by atoms with E-state index < -0.39 is 5.41 Å². The molecule has 0 atom stereocenters. The van der Waals surface area contributed by atoms with Crippen molar-refractivity contribution < 1.29 is 13.9 Å². The van der Waals surface area contributed by atoms with E-state index in [9.17, 15) is 9.18 Å². The van der Waals surface area contributed by atoms with Crippen LogP contribution in [0, 0.1) is 5.82 Å². The molecule has 3 rings (SSSR count). The number of hydrogen-bond acceptors (Lipinski definition) is 2. The number of carbonyl (C=O) groups is 1. The summed E-state index contributed by atoms with van der Waals surface area (Å²) in [7, 11) is 1.61. The summed E-state index contributed by atoms with van der Waals surface area (Å²) in [6, 6.07) is 13.6. The number of methoxy groups -OCH3 is 1. The van der Waals surface area contributed by atoms with E-state index in [2.05, 4.69) is 5.32 Å². The van der Waals surface area contributed by atoms with E-state index in [0.29, 0.717) is 0 Å². The number of amides is 1. The van der Waals surface area contributed by atoms with E-state index in [0.717, 1.165) is 42.7 Å². The predicted molar refractivity (Wildman–Crippen MR) is 88.2 cm³/mol. The lowest BCUT2D eigenvalue weighted by Gasteiger charge is -2.28. The van der Waals surface area contributed by atoms with Crippen LogP contribution in [0.1, 0.15) is 31.2 Å². The van der Waals surface area contributed by atoms with Gasteiger partial charge < -0.3 is 10.1 Å². The minimum atomic E-state index is -0.562. The molecule has 0 heterocycles. The molecule has 2 aromatic carbocycles. The first-order chi connectivity index (χ1) is 11.1. The van der Waals surface area contributed by atoms with Crippen LogP contribution >= 0.6 is 0 Å². The molecule has 0 unspecified atom stereocenters. The van der Waals surface area contributed by atoms with Gasteiger partial charge >= 0.3 is 0 Å². The largest absolute Gasteiger partial charge is 0.497 e. The fourth-order valence-corrected chi connectivity index (χ4v) is 3.32. The molecule has 0 aromatic heterocycles. The number of nitrogens with one attached hydrogen (secondary N) is 1. The van der Waals surface area contributed by atoms with E-state index >= 15 is 0 Å². The highest BCUT2D eigenvalue weighted by atomic mass is 19.1. The zero-order valence-corrected chi connectivity index (χ0v) is 13.1. The first-order valence-corrected chi connectivity index (χ1v) is 7.86. The Labute approximate surface area is 135 Å². The van der Waals surface area contributed by atoms with Crippen LogP contribution in [0.25, 0.3) is 0 Å². The SMILES string of the molecule is COc1ccc(NC(=O)C2(c3ccc(F)cc3)CCCC2)cc1. The molecule has 1 amide bonds. The van der Waals surface area contributed by atoms with Crippen LogP contribution in [0.4, 0.5) is 10.1 Å². The topological polar surface area (TPSA) is 38.3 Å². The molecule has 1 saturated carbocycles. The quantitative estimate of drug-likeness (QED) is 0.914. The van der Waals surface area contributed by atoms with Gasteiger partial charge in [0.15, 0.2) is 0 Å². The van der Waals surface area contributed by atoms with Crippen molar-refractivity contribution in [1.82, 2.24) is 0 Å². The smallest absolute Gasteiger partial charge is 0.235 e. The number of ether oxygens (including phenoxy) is 1. The Morgan fingerprint density at radius 1 is 1.04 bits per heavy atom. The first-order valence-electron chi connectivity index (χ1n) is 7.86. The van der Waals surface area contributed by atoms with Gasteiger partial charge in [-0.2, -0.15) is 0 Å². The number of carbonyl (C=O) groups excluding carboxylic acids is 1. The van der Waals surface area contributed by atoms with Crippen molar-refractivity contribution in [2.45, 2.75) is 31.1 Å². The maximum Gasteiger partial charge on any atom is 0.235 e. The normalized spacial score (nSPS) is 16.1. The van der Waals surface area contributed by atoms with Crippen molar-refractivity contribution in [3.8, 4) is 5.75 Å². The van der Waals surface area contributed by atoms with Crippen LogP contribution in [-0.2, 0) is 10.2 Å². The highest BCUT2D eigenvalue weighted by Crippen LogP contribution is 2.42. The molecule has 0 bridgehead atoms. The predicted octanol–water partition coefficient (Wildman–Crippen LogP) is 4.28. The summed E-state index contributed by atoms with van der Waals surface area (Å²) < 4.78 is 18.3. The van der Waals surface area contributed by atoms with Crippen LogP contribution in [0.15, 0.2) is 48.5 Å². The average Bonchev–Trinajstić information content (AvgIpc) is 3.07. The lowest BCUT2D eigenvalue weighted by atomic mass is 9.78. The second-order valence-electron chi connectivity index (χ2n) is 5.98. The third-order valence-electron chi connectivity index (χ3n) is 4.64. The summed E-state index contributed by atoms with van der Waals surface area (Å²) in [5, 5.41) is 3.00. The van der Waals surface area contributed by atoms with Crippen molar-refractivity contribution in [3.63, 3.8) is 0 Å². The van der Waals surface area contributed by atoms with E-state index in [1.165, 1.54) is 12.1 Å². The lowest BCUT2D eigenvalue weighted by Crippen LogP contribution is -2.38. The zero-order valence-electron chi connectivity index (χ0n) is 13.1. The van der Waals surface area contributed by atoms with Gasteiger partial charge in [-0.25, -0.2) is 4.39 Å². The summed E-state index contributed by atoms with van der Waals surface area (Å²) in [4.78, 5) is 12.9. The van der Waals surface area contributed by atoms with Crippen molar-refractivity contribution in [3.05, 3.63) is 59.9 Å². The summed E-state index contributed by atoms with van der Waals surface area (Å²) in [6.07, 6.45) is 3.60. The Kier molecular flexibility index (Phi) is 4.33. The third kappa shape index (κ3) is 3.07. The Morgan fingerprint density at radius 2 is 1.65 bits per heavy atom. The molecule has 3 nitrogen and oxygen atoms in total. The standard InChI is InChI=1S/C19H20FNO2/c1-23-17-10-8-16(9-11-17)21-18(22)19(12-2-3-13-19)14-4-6-15(20)7-5-14/h4-11H,2-3,12-13H2,1H3,(H,21,22). The fourth-order valence-electron chi connectivity index (χ4n) is 3.32. The molecule has 0 radical (unpaired) electrons. The second-order valence-corrected chi connectivity index (χ2v) is 5.98. The maximum absolute atomic E-state index is 13.2.